The third-order valence-corrected chi connectivity index (χ3v) is 19.6. The smallest absolute Gasteiger partial charge is 0.409 e. The molecule has 19 heteroatoms. The molecule has 426 valence electrons. The number of pyridine rings is 1. The summed E-state index contributed by atoms with van der Waals surface area (Å²) in [5.41, 5.74) is 4.21. The first-order chi connectivity index (χ1) is 39.5. The van der Waals surface area contributed by atoms with E-state index < -0.39 is 17.6 Å². The number of nitrogens with zero attached hydrogens (tertiary/aromatic N) is 9. The number of aromatic nitrogens is 5. The van der Waals surface area contributed by atoms with Gasteiger partial charge in [-0.3, -0.25) is 24.5 Å². The van der Waals surface area contributed by atoms with E-state index in [4.69, 9.17) is 34.3 Å². The summed E-state index contributed by atoms with van der Waals surface area (Å²) in [4.78, 5) is 62.4. The lowest BCUT2D eigenvalue weighted by Gasteiger charge is -2.37. The zero-order valence-corrected chi connectivity index (χ0v) is 46.3. The molecule has 8 aliphatic rings. The van der Waals surface area contributed by atoms with Crippen LogP contribution >= 0.6 is 0 Å². The number of anilines is 2. The Hall–Kier alpha value is -6.73. The molecule has 17 nitrogen and oxygen atoms in total. The molecule has 1 aliphatic carbocycles. The van der Waals surface area contributed by atoms with Crippen molar-refractivity contribution in [3.8, 4) is 23.0 Å². The van der Waals surface area contributed by atoms with Crippen LogP contribution in [-0.2, 0) is 31.9 Å². The fourth-order valence-corrected chi connectivity index (χ4v) is 15.2. The van der Waals surface area contributed by atoms with E-state index >= 15 is 8.78 Å². The van der Waals surface area contributed by atoms with Gasteiger partial charge in [-0.15, -0.1) is 0 Å². The molecule has 3 aromatic heterocycles. The zero-order chi connectivity index (χ0) is 55.1. The maximum atomic E-state index is 17.6. The Morgan fingerprint density at radius 1 is 0.852 bits per heavy atom. The van der Waals surface area contributed by atoms with Crippen molar-refractivity contribution in [2.24, 2.45) is 11.8 Å². The average molecular weight is 1110 g/mol. The van der Waals surface area contributed by atoms with Crippen LogP contribution in [0.1, 0.15) is 132 Å². The van der Waals surface area contributed by atoms with Gasteiger partial charge >= 0.3 is 12.1 Å². The number of rotatable bonds is 12. The number of phenols is 1. The summed E-state index contributed by atoms with van der Waals surface area (Å²) < 4.78 is 54.0. The number of hydrogen-bond acceptors (Lipinski definition) is 14. The molecule has 3 aromatic carbocycles. The molecule has 6 saturated heterocycles. The normalized spacial score (nSPS) is 24.9. The van der Waals surface area contributed by atoms with Crippen LogP contribution in [0.15, 0.2) is 42.5 Å². The van der Waals surface area contributed by atoms with Gasteiger partial charge in [0.05, 0.1) is 52.4 Å². The van der Waals surface area contributed by atoms with Crippen LogP contribution in [0, 0.1) is 23.5 Å². The molecule has 0 radical (unpaired) electrons. The number of fused-ring (bicyclic) bond motifs is 5. The van der Waals surface area contributed by atoms with E-state index in [1.165, 1.54) is 24.2 Å². The molecule has 0 spiro atoms. The minimum absolute atomic E-state index is 0.00329. The van der Waals surface area contributed by atoms with Crippen LogP contribution in [0.3, 0.4) is 0 Å². The Labute approximate surface area is 469 Å². The van der Waals surface area contributed by atoms with Crippen molar-refractivity contribution in [2.45, 2.75) is 146 Å². The Morgan fingerprint density at radius 3 is 2.48 bits per heavy atom. The second-order valence-corrected chi connectivity index (χ2v) is 24.5. The third-order valence-electron chi connectivity index (χ3n) is 19.6. The summed E-state index contributed by atoms with van der Waals surface area (Å²) in [6.07, 6.45) is 14.1. The van der Waals surface area contributed by atoms with Crippen molar-refractivity contribution >= 4 is 62.0 Å². The number of carbonyl (C=O) groups is 3. The molecule has 3 amide bonds. The number of aromatic hydroxyl groups is 1. The van der Waals surface area contributed by atoms with E-state index in [2.05, 4.69) is 42.9 Å². The summed E-state index contributed by atoms with van der Waals surface area (Å²) in [6.45, 7) is 8.48. The molecule has 0 bridgehead atoms. The van der Waals surface area contributed by atoms with E-state index in [0.29, 0.717) is 135 Å². The second-order valence-electron chi connectivity index (χ2n) is 24.5. The Bertz CT molecular complexity index is 3470. The van der Waals surface area contributed by atoms with E-state index in [9.17, 15) is 19.5 Å². The van der Waals surface area contributed by atoms with Crippen molar-refractivity contribution in [3.63, 3.8) is 0 Å². The highest BCUT2D eigenvalue weighted by molar-refractivity contribution is 6.04. The van der Waals surface area contributed by atoms with Crippen LogP contribution in [-0.4, -0.2) is 141 Å². The Balaban J connectivity index is 0.606. The lowest BCUT2D eigenvalue weighted by molar-refractivity contribution is -0.134. The first kappa shape index (κ1) is 52.4. The quantitative estimate of drug-likeness (QED) is 0.111. The van der Waals surface area contributed by atoms with E-state index in [1.807, 2.05) is 11.8 Å². The van der Waals surface area contributed by atoms with E-state index in [-0.39, 0.29) is 58.5 Å². The number of ether oxygens (including phenoxy) is 3. The minimum atomic E-state index is -0.677. The molecule has 7 aliphatic heterocycles. The van der Waals surface area contributed by atoms with E-state index in [0.717, 1.165) is 107 Å². The zero-order valence-electron chi connectivity index (χ0n) is 46.3. The van der Waals surface area contributed by atoms with Gasteiger partial charge in [0, 0.05) is 68.4 Å². The lowest BCUT2D eigenvalue weighted by atomic mass is 9.83. The van der Waals surface area contributed by atoms with Crippen molar-refractivity contribution in [3.05, 3.63) is 71.1 Å². The second kappa shape index (κ2) is 21.2. The average Bonchev–Trinajstić information content (AvgIpc) is 4.20. The molecular formula is C62H72F2N10O7. The molecule has 14 rings (SSSR count). The van der Waals surface area contributed by atoms with Gasteiger partial charge in [-0.25, -0.2) is 18.6 Å². The number of hydrogen-bond donors (Lipinski definition) is 2. The fraction of sp³-hybridized carbons (Fsp3) is 0.565. The molecule has 1 unspecified atom stereocenters. The number of phenolic OH excluding ortho intramolecular Hbond substituents is 1. The number of benzene rings is 3. The van der Waals surface area contributed by atoms with E-state index in [1.54, 1.807) is 12.1 Å². The first-order valence-electron chi connectivity index (χ1n) is 30.1. The highest BCUT2D eigenvalue weighted by Crippen LogP contribution is 2.46. The fourth-order valence-electron chi connectivity index (χ4n) is 15.2. The van der Waals surface area contributed by atoms with Crippen LogP contribution in [0.2, 0.25) is 0 Å². The maximum Gasteiger partial charge on any atom is 0.409 e. The monoisotopic (exact) mass is 1110 g/mol. The number of amides is 3. The maximum absolute atomic E-state index is 17.6. The van der Waals surface area contributed by atoms with Crippen LogP contribution in [0.25, 0.3) is 43.8 Å². The highest BCUT2D eigenvalue weighted by Gasteiger charge is 2.50. The predicted molar refractivity (Wildman–Crippen MR) is 302 cm³/mol. The van der Waals surface area contributed by atoms with Gasteiger partial charge < -0.3 is 34.0 Å². The molecule has 4 atom stereocenters. The van der Waals surface area contributed by atoms with Crippen molar-refractivity contribution in [2.75, 3.05) is 75.5 Å². The minimum Gasteiger partial charge on any atom is -0.508 e. The first-order valence-corrected chi connectivity index (χ1v) is 30.1. The Morgan fingerprint density at radius 2 is 1.68 bits per heavy atom. The summed E-state index contributed by atoms with van der Waals surface area (Å²) in [7, 11) is 0. The largest absolute Gasteiger partial charge is 0.508 e. The van der Waals surface area contributed by atoms with Gasteiger partial charge in [-0.2, -0.15) is 15.1 Å². The van der Waals surface area contributed by atoms with Crippen LogP contribution < -0.4 is 19.9 Å². The van der Waals surface area contributed by atoms with Crippen molar-refractivity contribution in [1.82, 2.24) is 39.8 Å². The molecule has 81 heavy (non-hydrogen) atoms. The third kappa shape index (κ3) is 9.66. The molecule has 7 fully saturated rings. The number of carbonyl (C=O) groups excluding carboxylic acids is 3. The van der Waals surface area contributed by atoms with Gasteiger partial charge in [0.2, 0.25) is 11.8 Å². The molecular weight excluding hydrogens is 1030 g/mol. The number of nitrogens with one attached hydrogen (secondary N) is 1. The number of piperidine rings is 3. The number of aryl methyl sites for hydroxylation is 2. The molecule has 6 aromatic rings. The molecule has 2 N–H and O–H groups in total. The van der Waals surface area contributed by atoms with Gasteiger partial charge in [-0.1, -0.05) is 13.0 Å². The summed E-state index contributed by atoms with van der Waals surface area (Å²) in [5.74, 6) is -0.217. The van der Waals surface area contributed by atoms with Gasteiger partial charge in [0.25, 0.3) is 0 Å². The summed E-state index contributed by atoms with van der Waals surface area (Å²) in [5, 5.41) is 21.1. The SMILES string of the molecule is CCc1c(F)ccc2cc(O)cc(-c3nc4c5c(nc(OC[C@@]67CCCN6[C@H](COC(=O)N6CCC(CC8CCN(c9ccc%10c(C%11CCC(=O)NC%11=O)nn(C%11CC%11)c%10c9)CC8)CC6)CC7)nc5c3F)N3CCCOC[C@@H]3CC4)c12. The van der Waals surface area contributed by atoms with Crippen LogP contribution in [0.5, 0.6) is 11.8 Å². The molecule has 1 saturated carbocycles. The summed E-state index contributed by atoms with van der Waals surface area (Å²) >= 11 is 0. The predicted octanol–water partition coefficient (Wildman–Crippen LogP) is 9.67. The highest BCUT2D eigenvalue weighted by atomic mass is 19.1. The molecule has 10 heterocycles. The Kier molecular flexibility index (Phi) is 13.7. The van der Waals surface area contributed by atoms with Crippen molar-refractivity contribution < 1.29 is 42.5 Å². The standard InChI is InChI=1S/C62H72F2N10O7/c1-2-44-48(63)12-5-38-30-43(75)32-47(52(38)44)56-54(64)57-53-49(65-56)13-9-41-33-79-28-4-22-72(41)58(53)68-60(67-57)81-35-62-20-3-23-73(62)42(15-21-62)34-80-61(78)71-26-18-37(19-27-71)29-36-16-24-70(25-17-36)40-8-10-45-50(31-40)74(39-6-7-39)69-55(45)46-11-14-51(76)66-59(46)77/h5,8,10,12,30-32,36-37,39,41-42,46,75H,2-4,6-7,9,11,13-29,33-35H2,1H3,(H,66,76,77)/t41-,42-,46?,62-/m0/s1. The van der Waals surface area contributed by atoms with Crippen molar-refractivity contribution in [1.29, 1.82) is 0 Å². The van der Waals surface area contributed by atoms with Gasteiger partial charge in [0.15, 0.2) is 5.82 Å². The van der Waals surface area contributed by atoms with Crippen LogP contribution in [0.4, 0.5) is 25.1 Å². The van der Waals surface area contributed by atoms with Gasteiger partial charge in [-0.05, 0) is 174 Å². The number of likely N-dealkylation sites (tertiary alicyclic amines) is 1. The lowest BCUT2D eigenvalue weighted by Crippen LogP contribution is -2.48. The number of halogens is 2. The summed E-state index contributed by atoms with van der Waals surface area (Å²) in [6, 6.07) is 13.1. The number of imide groups is 1. The van der Waals surface area contributed by atoms with Gasteiger partial charge in [0.1, 0.15) is 41.8 Å². The topological polar surface area (TPSA) is 181 Å².